The SMILES string of the molecule is Cc1ccnc(SCCCN2CCN(c3cc(C4CCC4)nc(C(C)(C)C)n3)CC2)n1. The van der Waals surface area contributed by atoms with Crippen molar-refractivity contribution in [3.63, 3.8) is 0 Å². The molecule has 0 radical (unpaired) electrons. The fourth-order valence-electron chi connectivity index (χ4n) is 4.01. The highest BCUT2D eigenvalue weighted by Crippen LogP contribution is 2.37. The first-order chi connectivity index (χ1) is 14.9. The molecule has 6 nitrogen and oxygen atoms in total. The van der Waals surface area contributed by atoms with Gasteiger partial charge in [-0.3, -0.25) is 4.90 Å². The van der Waals surface area contributed by atoms with Gasteiger partial charge in [0.05, 0.1) is 0 Å². The first kappa shape index (κ1) is 22.5. The van der Waals surface area contributed by atoms with E-state index in [4.69, 9.17) is 9.97 Å². The highest BCUT2D eigenvalue weighted by Gasteiger charge is 2.27. The molecule has 3 heterocycles. The number of aryl methyl sites for hydroxylation is 1. The highest BCUT2D eigenvalue weighted by molar-refractivity contribution is 7.99. The zero-order valence-corrected chi connectivity index (χ0v) is 20.3. The zero-order valence-electron chi connectivity index (χ0n) is 19.5. The predicted octanol–water partition coefficient (Wildman–Crippen LogP) is 4.44. The van der Waals surface area contributed by atoms with E-state index in [0.717, 1.165) is 67.4 Å². The molecule has 2 fully saturated rings. The van der Waals surface area contributed by atoms with Crippen LogP contribution in [-0.2, 0) is 5.41 Å². The lowest BCUT2D eigenvalue weighted by Crippen LogP contribution is -2.47. The van der Waals surface area contributed by atoms with Crippen LogP contribution in [0.1, 0.15) is 69.6 Å². The quantitative estimate of drug-likeness (QED) is 0.358. The molecule has 1 saturated heterocycles. The van der Waals surface area contributed by atoms with Crippen molar-refractivity contribution in [2.24, 2.45) is 0 Å². The van der Waals surface area contributed by atoms with E-state index in [9.17, 15) is 0 Å². The maximum atomic E-state index is 4.99. The fourth-order valence-corrected chi connectivity index (χ4v) is 4.81. The van der Waals surface area contributed by atoms with E-state index in [1.54, 1.807) is 11.8 Å². The summed E-state index contributed by atoms with van der Waals surface area (Å²) in [6, 6.07) is 4.22. The monoisotopic (exact) mass is 440 g/mol. The van der Waals surface area contributed by atoms with Gasteiger partial charge in [0.25, 0.3) is 0 Å². The Kier molecular flexibility index (Phi) is 7.12. The van der Waals surface area contributed by atoms with Gasteiger partial charge >= 0.3 is 0 Å². The standard InChI is InChI=1S/C24H36N6S/c1-18-9-10-25-23(26-18)31-16-6-11-29-12-14-30(15-13-29)21-17-20(19-7-5-8-19)27-22(28-21)24(2,3)4/h9-10,17,19H,5-8,11-16H2,1-4H3. The Hall–Kier alpha value is -1.73. The fraction of sp³-hybridized carbons (Fsp3) is 0.667. The normalized spacial score (nSPS) is 18.3. The second kappa shape index (κ2) is 9.82. The van der Waals surface area contributed by atoms with E-state index in [1.807, 2.05) is 19.2 Å². The maximum absolute atomic E-state index is 4.99. The van der Waals surface area contributed by atoms with E-state index in [-0.39, 0.29) is 5.41 Å². The van der Waals surface area contributed by atoms with Crippen LogP contribution < -0.4 is 4.90 Å². The van der Waals surface area contributed by atoms with Gasteiger partial charge in [-0.2, -0.15) is 0 Å². The summed E-state index contributed by atoms with van der Waals surface area (Å²) in [6.07, 6.45) is 6.90. The van der Waals surface area contributed by atoms with Crippen LogP contribution >= 0.6 is 11.8 Å². The molecule has 2 aromatic heterocycles. The second-order valence-corrected chi connectivity index (χ2v) is 10.9. The van der Waals surface area contributed by atoms with Gasteiger partial charge in [0.1, 0.15) is 11.6 Å². The lowest BCUT2D eigenvalue weighted by molar-refractivity contribution is 0.258. The van der Waals surface area contributed by atoms with Crippen LogP contribution in [0.5, 0.6) is 0 Å². The minimum Gasteiger partial charge on any atom is -0.354 e. The molecular weight excluding hydrogens is 404 g/mol. The van der Waals surface area contributed by atoms with Gasteiger partial charge in [0, 0.05) is 66.9 Å². The van der Waals surface area contributed by atoms with E-state index < -0.39 is 0 Å². The summed E-state index contributed by atoms with van der Waals surface area (Å²) < 4.78 is 0. The molecule has 0 aromatic carbocycles. The minimum atomic E-state index is -0.0188. The summed E-state index contributed by atoms with van der Waals surface area (Å²) in [5.74, 6) is 3.83. The molecule has 2 aliphatic rings. The summed E-state index contributed by atoms with van der Waals surface area (Å²) >= 11 is 1.76. The van der Waals surface area contributed by atoms with Crippen molar-refractivity contribution in [2.75, 3.05) is 43.4 Å². The Morgan fingerprint density at radius 2 is 1.84 bits per heavy atom. The van der Waals surface area contributed by atoms with E-state index in [1.165, 1.54) is 25.0 Å². The van der Waals surface area contributed by atoms with Crippen molar-refractivity contribution in [3.05, 3.63) is 35.5 Å². The molecule has 1 aliphatic carbocycles. The summed E-state index contributed by atoms with van der Waals surface area (Å²) in [5, 5.41) is 0.894. The Labute approximate surface area is 191 Å². The number of thioether (sulfide) groups is 1. The summed E-state index contributed by atoms with van der Waals surface area (Å²) in [7, 11) is 0. The van der Waals surface area contributed by atoms with Gasteiger partial charge in [-0.05, 0) is 38.8 Å². The van der Waals surface area contributed by atoms with Crippen LogP contribution in [0.25, 0.3) is 0 Å². The van der Waals surface area contributed by atoms with E-state index in [0.29, 0.717) is 5.92 Å². The van der Waals surface area contributed by atoms with Gasteiger partial charge in [-0.15, -0.1) is 0 Å². The molecule has 0 spiro atoms. The number of hydrogen-bond donors (Lipinski definition) is 0. The number of hydrogen-bond acceptors (Lipinski definition) is 7. The zero-order chi connectivity index (χ0) is 21.8. The van der Waals surface area contributed by atoms with Gasteiger partial charge in [-0.1, -0.05) is 39.0 Å². The second-order valence-electron chi connectivity index (χ2n) is 9.86. The largest absolute Gasteiger partial charge is 0.354 e. The van der Waals surface area contributed by atoms with Crippen LogP contribution in [0.4, 0.5) is 5.82 Å². The Morgan fingerprint density at radius 3 is 2.48 bits per heavy atom. The molecule has 7 heteroatoms. The highest BCUT2D eigenvalue weighted by atomic mass is 32.2. The third kappa shape index (κ3) is 5.95. The third-order valence-corrected chi connectivity index (χ3v) is 7.19. The first-order valence-electron chi connectivity index (χ1n) is 11.7. The molecule has 0 atom stereocenters. The van der Waals surface area contributed by atoms with Crippen molar-refractivity contribution in [3.8, 4) is 0 Å². The lowest BCUT2D eigenvalue weighted by atomic mass is 9.82. The number of anilines is 1. The molecule has 4 rings (SSSR count). The van der Waals surface area contributed by atoms with E-state index in [2.05, 4.69) is 46.6 Å². The molecule has 31 heavy (non-hydrogen) atoms. The summed E-state index contributed by atoms with van der Waals surface area (Å²) in [4.78, 5) is 23.8. The Balaban J connectivity index is 1.29. The average molecular weight is 441 g/mol. The van der Waals surface area contributed by atoms with Gasteiger partial charge in [0.2, 0.25) is 0 Å². The first-order valence-corrected chi connectivity index (χ1v) is 12.7. The molecule has 0 N–H and O–H groups in total. The molecule has 0 unspecified atom stereocenters. The smallest absolute Gasteiger partial charge is 0.187 e. The average Bonchev–Trinajstić information content (AvgIpc) is 2.70. The summed E-state index contributed by atoms with van der Waals surface area (Å²) in [5.41, 5.74) is 2.28. The summed E-state index contributed by atoms with van der Waals surface area (Å²) in [6.45, 7) is 14.1. The number of piperazine rings is 1. The van der Waals surface area contributed by atoms with Gasteiger partial charge in [-0.25, -0.2) is 19.9 Å². The van der Waals surface area contributed by atoms with Crippen molar-refractivity contribution in [1.29, 1.82) is 0 Å². The van der Waals surface area contributed by atoms with Crippen molar-refractivity contribution >= 4 is 17.6 Å². The van der Waals surface area contributed by atoms with Crippen LogP contribution in [0.3, 0.4) is 0 Å². The number of nitrogens with zero attached hydrogens (tertiary/aromatic N) is 6. The molecule has 2 aromatic rings. The number of rotatable bonds is 7. The van der Waals surface area contributed by atoms with Crippen LogP contribution in [0, 0.1) is 6.92 Å². The lowest BCUT2D eigenvalue weighted by Gasteiger charge is -2.36. The Bertz CT molecular complexity index is 869. The molecule has 168 valence electrons. The molecule has 1 aliphatic heterocycles. The van der Waals surface area contributed by atoms with Crippen LogP contribution in [-0.4, -0.2) is 63.3 Å². The maximum Gasteiger partial charge on any atom is 0.187 e. The number of aromatic nitrogens is 4. The molecule has 0 amide bonds. The molecule has 0 bridgehead atoms. The van der Waals surface area contributed by atoms with E-state index >= 15 is 0 Å². The minimum absolute atomic E-state index is 0.0188. The van der Waals surface area contributed by atoms with Crippen LogP contribution in [0.2, 0.25) is 0 Å². The molecule has 1 saturated carbocycles. The Morgan fingerprint density at radius 1 is 1.06 bits per heavy atom. The predicted molar refractivity (Wildman–Crippen MR) is 128 cm³/mol. The molecular formula is C24H36N6S. The topological polar surface area (TPSA) is 58.0 Å². The van der Waals surface area contributed by atoms with Crippen molar-refractivity contribution < 1.29 is 0 Å². The van der Waals surface area contributed by atoms with Crippen molar-refractivity contribution in [2.45, 2.75) is 69.9 Å². The van der Waals surface area contributed by atoms with Gasteiger partial charge < -0.3 is 4.90 Å². The van der Waals surface area contributed by atoms with Crippen LogP contribution in [0.15, 0.2) is 23.5 Å². The van der Waals surface area contributed by atoms with Gasteiger partial charge in [0.15, 0.2) is 5.16 Å². The van der Waals surface area contributed by atoms with Crippen molar-refractivity contribution in [1.82, 2.24) is 24.8 Å². The third-order valence-electron chi connectivity index (χ3n) is 6.25.